The molecule has 0 saturated heterocycles. The summed E-state index contributed by atoms with van der Waals surface area (Å²) in [5, 5.41) is 14.3. The first-order valence-corrected chi connectivity index (χ1v) is 7.12. The summed E-state index contributed by atoms with van der Waals surface area (Å²) in [6.07, 6.45) is 4.91. The topological polar surface area (TPSA) is 67.7 Å². The Morgan fingerprint density at radius 3 is 2.50 bits per heavy atom. The van der Waals surface area contributed by atoms with Gasteiger partial charge < -0.3 is 10.6 Å². The Morgan fingerprint density at radius 2 is 1.82 bits per heavy atom. The fraction of sp³-hybridized carbons (Fsp3) is 0.0667. The molecule has 22 heavy (non-hydrogen) atoms. The van der Waals surface area contributed by atoms with E-state index in [-0.39, 0.29) is 0 Å². The van der Waals surface area contributed by atoms with Crippen LogP contribution in [-0.2, 0) is 6.54 Å². The fourth-order valence-electron chi connectivity index (χ4n) is 1.89. The van der Waals surface area contributed by atoms with Crippen LogP contribution in [0.2, 0.25) is 0 Å². The maximum atomic E-state index is 5.27. The Hall–Kier alpha value is -2.80. The highest BCUT2D eigenvalue weighted by atomic mass is 32.1. The molecule has 7 heteroatoms. The molecule has 1 aromatic carbocycles. The fourth-order valence-corrected chi connectivity index (χ4v) is 2.08. The molecule has 0 bridgehead atoms. The number of nitrogens with one attached hydrogen (secondary N) is 2. The zero-order valence-corrected chi connectivity index (χ0v) is 12.5. The number of nitrogens with zero attached hydrogens (tertiary/aromatic N) is 4. The molecule has 0 fully saturated rings. The van der Waals surface area contributed by atoms with Crippen LogP contribution in [0.15, 0.2) is 61.3 Å². The second-order valence-corrected chi connectivity index (χ2v) is 4.98. The smallest absolute Gasteiger partial charge is 0.171 e. The molecule has 0 saturated carbocycles. The zero-order valence-electron chi connectivity index (χ0n) is 11.7. The van der Waals surface area contributed by atoms with Gasteiger partial charge in [0.25, 0.3) is 0 Å². The van der Waals surface area contributed by atoms with Crippen LogP contribution in [0.5, 0.6) is 0 Å². The third kappa shape index (κ3) is 3.64. The van der Waals surface area contributed by atoms with Gasteiger partial charge >= 0.3 is 0 Å². The van der Waals surface area contributed by atoms with Crippen LogP contribution >= 0.6 is 12.2 Å². The van der Waals surface area contributed by atoms with Gasteiger partial charge in [0.1, 0.15) is 18.5 Å². The third-order valence-electron chi connectivity index (χ3n) is 2.98. The van der Waals surface area contributed by atoms with Crippen LogP contribution in [0.1, 0.15) is 5.56 Å². The van der Waals surface area contributed by atoms with Crippen molar-refractivity contribution in [1.29, 1.82) is 0 Å². The minimum atomic E-state index is 0.558. The highest BCUT2D eigenvalue weighted by Crippen LogP contribution is 2.09. The number of aromatic nitrogens is 4. The molecule has 0 unspecified atom stereocenters. The summed E-state index contributed by atoms with van der Waals surface area (Å²) in [5.74, 6) is 0.749. The SMILES string of the molecule is S=C(NCc1ccccc1)Nc1ccc(-n2cnnc2)nc1. The minimum Gasteiger partial charge on any atom is -0.358 e. The van der Waals surface area contributed by atoms with E-state index in [0.29, 0.717) is 11.7 Å². The summed E-state index contributed by atoms with van der Waals surface area (Å²) in [6, 6.07) is 13.9. The predicted octanol–water partition coefficient (Wildman–Crippen LogP) is 2.15. The molecule has 3 rings (SSSR count). The van der Waals surface area contributed by atoms with Gasteiger partial charge in [-0.1, -0.05) is 30.3 Å². The summed E-state index contributed by atoms with van der Waals surface area (Å²) in [7, 11) is 0. The van der Waals surface area contributed by atoms with Crippen molar-refractivity contribution in [3.63, 3.8) is 0 Å². The Balaban J connectivity index is 1.55. The molecule has 0 aliphatic heterocycles. The maximum Gasteiger partial charge on any atom is 0.171 e. The number of rotatable bonds is 4. The van der Waals surface area contributed by atoms with Gasteiger partial charge in [-0.25, -0.2) is 4.98 Å². The van der Waals surface area contributed by atoms with Crippen molar-refractivity contribution in [2.45, 2.75) is 6.54 Å². The van der Waals surface area contributed by atoms with Crippen LogP contribution in [0.25, 0.3) is 5.82 Å². The Bertz CT molecular complexity index is 724. The first kappa shape index (κ1) is 14.2. The van der Waals surface area contributed by atoms with Gasteiger partial charge in [-0.2, -0.15) is 0 Å². The molecule has 6 nitrogen and oxygen atoms in total. The summed E-state index contributed by atoms with van der Waals surface area (Å²) in [6.45, 7) is 0.679. The lowest BCUT2D eigenvalue weighted by atomic mass is 10.2. The van der Waals surface area contributed by atoms with Gasteiger partial charge in [-0.05, 0) is 29.9 Å². The van der Waals surface area contributed by atoms with E-state index >= 15 is 0 Å². The minimum absolute atomic E-state index is 0.558. The molecule has 0 atom stereocenters. The maximum absolute atomic E-state index is 5.27. The van der Waals surface area contributed by atoms with E-state index in [4.69, 9.17) is 12.2 Å². The Kier molecular flexibility index (Phi) is 4.35. The van der Waals surface area contributed by atoms with Crippen molar-refractivity contribution in [1.82, 2.24) is 25.1 Å². The van der Waals surface area contributed by atoms with Gasteiger partial charge in [0.05, 0.1) is 11.9 Å². The molecular weight excluding hydrogens is 296 g/mol. The summed E-state index contributed by atoms with van der Waals surface area (Å²) in [5.41, 5.74) is 2.00. The average molecular weight is 310 g/mol. The molecule has 0 aliphatic carbocycles. The highest BCUT2D eigenvalue weighted by Gasteiger charge is 2.01. The van der Waals surface area contributed by atoms with Crippen LogP contribution in [-0.4, -0.2) is 24.9 Å². The molecule has 0 radical (unpaired) electrons. The van der Waals surface area contributed by atoms with E-state index < -0.39 is 0 Å². The molecule has 2 N–H and O–H groups in total. The second-order valence-electron chi connectivity index (χ2n) is 4.57. The third-order valence-corrected chi connectivity index (χ3v) is 3.23. The number of benzene rings is 1. The lowest BCUT2D eigenvalue weighted by molar-refractivity contribution is 0.925. The molecule has 2 heterocycles. The van der Waals surface area contributed by atoms with Crippen molar-refractivity contribution in [2.24, 2.45) is 0 Å². The largest absolute Gasteiger partial charge is 0.358 e. The summed E-state index contributed by atoms with van der Waals surface area (Å²) in [4.78, 5) is 4.33. The van der Waals surface area contributed by atoms with Gasteiger partial charge in [-0.3, -0.25) is 4.57 Å². The monoisotopic (exact) mass is 310 g/mol. The Labute approximate surface area is 133 Å². The number of pyridine rings is 1. The molecule has 0 aliphatic rings. The van der Waals surface area contributed by atoms with Crippen molar-refractivity contribution < 1.29 is 0 Å². The quantitative estimate of drug-likeness (QED) is 0.720. The second kappa shape index (κ2) is 6.77. The summed E-state index contributed by atoms with van der Waals surface area (Å²) >= 11 is 5.27. The van der Waals surface area contributed by atoms with Crippen LogP contribution in [0, 0.1) is 0 Å². The van der Waals surface area contributed by atoms with Gasteiger partial charge in [0.15, 0.2) is 5.11 Å². The lowest BCUT2D eigenvalue weighted by Crippen LogP contribution is -2.27. The zero-order chi connectivity index (χ0) is 15.2. The Morgan fingerprint density at radius 1 is 1.05 bits per heavy atom. The molecule has 3 aromatic rings. The van der Waals surface area contributed by atoms with Crippen molar-refractivity contribution >= 4 is 23.0 Å². The van der Waals surface area contributed by atoms with Crippen molar-refractivity contribution in [3.8, 4) is 5.82 Å². The van der Waals surface area contributed by atoms with Crippen LogP contribution in [0.3, 0.4) is 0 Å². The average Bonchev–Trinajstić information content (AvgIpc) is 3.09. The number of thiocarbonyl (C=S) groups is 1. The van der Waals surface area contributed by atoms with Crippen molar-refractivity contribution in [3.05, 3.63) is 66.9 Å². The molecule has 0 amide bonds. The van der Waals surface area contributed by atoms with E-state index in [1.165, 1.54) is 5.56 Å². The van der Waals surface area contributed by atoms with E-state index in [1.54, 1.807) is 23.4 Å². The van der Waals surface area contributed by atoms with E-state index in [9.17, 15) is 0 Å². The van der Waals surface area contributed by atoms with Crippen molar-refractivity contribution in [2.75, 3.05) is 5.32 Å². The number of hydrogen-bond acceptors (Lipinski definition) is 4. The number of anilines is 1. The van der Waals surface area contributed by atoms with Gasteiger partial charge in [-0.15, -0.1) is 10.2 Å². The molecule has 2 aromatic heterocycles. The van der Waals surface area contributed by atoms with Gasteiger partial charge in [0.2, 0.25) is 0 Å². The van der Waals surface area contributed by atoms with E-state index in [2.05, 4.69) is 25.8 Å². The first-order chi connectivity index (χ1) is 10.8. The lowest BCUT2D eigenvalue weighted by Gasteiger charge is -2.10. The number of hydrogen-bond donors (Lipinski definition) is 2. The molecule has 110 valence electrons. The molecular formula is C15H14N6S. The standard InChI is InChI=1S/C15H14N6S/c22-15(17-8-12-4-2-1-3-5-12)20-13-6-7-14(16-9-13)21-10-18-19-11-21/h1-7,9-11H,8H2,(H2,17,20,22). The van der Waals surface area contributed by atoms with Crippen LogP contribution in [0.4, 0.5) is 5.69 Å². The predicted molar refractivity (Wildman–Crippen MR) is 88.7 cm³/mol. The summed E-state index contributed by atoms with van der Waals surface area (Å²) < 4.78 is 1.73. The van der Waals surface area contributed by atoms with Gasteiger partial charge in [0, 0.05) is 6.54 Å². The highest BCUT2D eigenvalue weighted by molar-refractivity contribution is 7.80. The molecule has 0 spiro atoms. The van der Waals surface area contributed by atoms with E-state index in [0.717, 1.165) is 11.5 Å². The van der Waals surface area contributed by atoms with E-state index in [1.807, 2.05) is 42.5 Å². The first-order valence-electron chi connectivity index (χ1n) is 6.71. The normalized spacial score (nSPS) is 10.2. The van der Waals surface area contributed by atoms with Crippen LogP contribution < -0.4 is 10.6 Å².